The fourth-order valence-corrected chi connectivity index (χ4v) is 2.02. The fraction of sp³-hybridized carbons (Fsp3) is 0.375. The Bertz CT molecular complexity index is 659. The molecule has 0 unspecified atom stereocenters. The number of anilines is 3. The molecule has 1 heterocycles. The Labute approximate surface area is 138 Å². The van der Waals surface area contributed by atoms with Crippen LogP contribution in [0.3, 0.4) is 0 Å². The van der Waals surface area contributed by atoms with Crippen molar-refractivity contribution in [1.29, 1.82) is 0 Å². The molecule has 0 amide bonds. The van der Waals surface area contributed by atoms with Crippen LogP contribution in [0.1, 0.15) is 17.7 Å². The SMILES string of the molecule is COCCCNc1nc(C)cc(Nc2ccc(C(F)(F)F)cc2)n1. The maximum Gasteiger partial charge on any atom is 0.416 e. The van der Waals surface area contributed by atoms with Gasteiger partial charge in [-0.3, -0.25) is 0 Å². The molecule has 130 valence electrons. The Morgan fingerprint density at radius 3 is 2.46 bits per heavy atom. The van der Waals surface area contributed by atoms with E-state index in [2.05, 4.69) is 20.6 Å². The van der Waals surface area contributed by atoms with E-state index in [-0.39, 0.29) is 0 Å². The zero-order valence-corrected chi connectivity index (χ0v) is 13.4. The standard InChI is InChI=1S/C16H19F3N4O/c1-11-10-14(23-15(21-11)20-8-3-9-24-2)22-13-6-4-12(5-7-13)16(17,18)19/h4-7,10H,3,8-9H2,1-2H3,(H2,20,21,22,23). The topological polar surface area (TPSA) is 59.1 Å². The van der Waals surface area contributed by atoms with Crippen molar-refractivity contribution >= 4 is 17.5 Å². The van der Waals surface area contributed by atoms with Gasteiger partial charge in [-0.05, 0) is 37.6 Å². The van der Waals surface area contributed by atoms with Crippen LogP contribution < -0.4 is 10.6 Å². The summed E-state index contributed by atoms with van der Waals surface area (Å²) in [5.41, 5.74) is 0.576. The normalized spacial score (nSPS) is 11.4. The van der Waals surface area contributed by atoms with Crippen molar-refractivity contribution in [3.63, 3.8) is 0 Å². The van der Waals surface area contributed by atoms with Gasteiger partial charge in [-0.15, -0.1) is 0 Å². The minimum Gasteiger partial charge on any atom is -0.385 e. The van der Waals surface area contributed by atoms with Crippen LogP contribution in [-0.4, -0.2) is 30.2 Å². The van der Waals surface area contributed by atoms with Crippen molar-refractivity contribution in [3.8, 4) is 0 Å². The predicted octanol–water partition coefficient (Wildman–Crippen LogP) is 4.00. The minimum atomic E-state index is -4.34. The number of hydrogen-bond acceptors (Lipinski definition) is 5. The molecule has 2 N–H and O–H groups in total. The zero-order valence-electron chi connectivity index (χ0n) is 13.4. The number of ether oxygens (including phenoxy) is 1. The summed E-state index contributed by atoms with van der Waals surface area (Å²) in [6.07, 6.45) is -3.53. The number of hydrogen-bond donors (Lipinski definition) is 2. The summed E-state index contributed by atoms with van der Waals surface area (Å²) >= 11 is 0. The summed E-state index contributed by atoms with van der Waals surface area (Å²) in [4.78, 5) is 8.57. The average Bonchev–Trinajstić information content (AvgIpc) is 2.51. The lowest BCUT2D eigenvalue weighted by molar-refractivity contribution is -0.137. The highest BCUT2D eigenvalue weighted by Gasteiger charge is 2.29. The molecule has 0 spiro atoms. The summed E-state index contributed by atoms with van der Waals surface area (Å²) in [6.45, 7) is 3.12. The number of benzene rings is 1. The molecule has 5 nitrogen and oxygen atoms in total. The maximum atomic E-state index is 12.6. The molecular formula is C16H19F3N4O. The van der Waals surface area contributed by atoms with Gasteiger partial charge in [0.05, 0.1) is 5.56 Å². The van der Waals surface area contributed by atoms with Crippen molar-refractivity contribution in [2.24, 2.45) is 0 Å². The van der Waals surface area contributed by atoms with E-state index in [1.807, 2.05) is 6.92 Å². The van der Waals surface area contributed by atoms with E-state index < -0.39 is 11.7 Å². The zero-order chi connectivity index (χ0) is 17.6. The van der Waals surface area contributed by atoms with Crippen molar-refractivity contribution in [1.82, 2.24) is 9.97 Å². The van der Waals surface area contributed by atoms with Crippen LogP contribution in [0.4, 0.5) is 30.6 Å². The second-order valence-corrected chi connectivity index (χ2v) is 5.19. The minimum absolute atomic E-state index is 0.459. The molecule has 0 saturated heterocycles. The van der Waals surface area contributed by atoms with Crippen LogP contribution in [0.5, 0.6) is 0 Å². The molecule has 0 bridgehead atoms. The first kappa shape index (κ1) is 18.0. The Balaban J connectivity index is 2.05. The van der Waals surface area contributed by atoms with E-state index in [1.165, 1.54) is 12.1 Å². The van der Waals surface area contributed by atoms with E-state index in [9.17, 15) is 13.2 Å². The first-order chi connectivity index (χ1) is 11.4. The highest BCUT2D eigenvalue weighted by molar-refractivity contribution is 5.58. The largest absolute Gasteiger partial charge is 0.416 e. The molecule has 0 aliphatic rings. The van der Waals surface area contributed by atoms with Crippen LogP contribution in [0, 0.1) is 6.92 Å². The van der Waals surface area contributed by atoms with E-state index in [0.717, 1.165) is 24.2 Å². The third-order valence-corrected chi connectivity index (χ3v) is 3.15. The Morgan fingerprint density at radius 1 is 1.12 bits per heavy atom. The Hall–Kier alpha value is -2.35. The van der Waals surface area contributed by atoms with Crippen LogP contribution >= 0.6 is 0 Å². The van der Waals surface area contributed by atoms with Crippen molar-refractivity contribution < 1.29 is 17.9 Å². The van der Waals surface area contributed by atoms with Gasteiger partial charge < -0.3 is 15.4 Å². The third kappa shape index (κ3) is 5.38. The van der Waals surface area contributed by atoms with Crippen molar-refractivity contribution in [2.75, 3.05) is 30.9 Å². The highest BCUT2D eigenvalue weighted by Crippen LogP contribution is 2.30. The van der Waals surface area contributed by atoms with E-state index >= 15 is 0 Å². The number of alkyl halides is 3. The van der Waals surface area contributed by atoms with Gasteiger partial charge in [-0.2, -0.15) is 18.2 Å². The third-order valence-electron chi connectivity index (χ3n) is 3.15. The Morgan fingerprint density at radius 2 is 1.83 bits per heavy atom. The molecule has 24 heavy (non-hydrogen) atoms. The molecule has 2 aromatic rings. The number of aromatic nitrogens is 2. The lowest BCUT2D eigenvalue weighted by Gasteiger charge is -2.11. The molecule has 0 aliphatic carbocycles. The molecular weight excluding hydrogens is 321 g/mol. The monoisotopic (exact) mass is 340 g/mol. The number of rotatable bonds is 7. The van der Waals surface area contributed by atoms with Gasteiger partial charge in [0, 0.05) is 37.7 Å². The first-order valence-electron chi connectivity index (χ1n) is 7.41. The van der Waals surface area contributed by atoms with Crippen LogP contribution in [0.25, 0.3) is 0 Å². The predicted molar refractivity (Wildman–Crippen MR) is 86.5 cm³/mol. The van der Waals surface area contributed by atoms with Crippen molar-refractivity contribution in [2.45, 2.75) is 19.5 Å². The molecule has 0 radical (unpaired) electrons. The van der Waals surface area contributed by atoms with Crippen LogP contribution in [0.15, 0.2) is 30.3 Å². The number of halogens is 3. The summed E-state index contributed by atoms with van der Waals surface area (Å²) in [6, 6.07) is 6.51. The maximum absolute atomic E-state index is 12.6. The van der Waals surface area contributed by atoms with E-state index in [0.29, 0.717) is 30.6 Å². The van der Waals surface area contributed by atoms with E-state index in [1.54, 1.807) is 13.2 Å². The molecule has 1 aromatic heterocycles. The van der Waals surface area contributed by atoms with Gasteiger partial charge in [-0.1, -0.05) is 0 Å². The molecule has 8 heteroatoms. The van der Waals surface area contributed by atoms with Crippen LogP contribution in [-0.2, 0) is 10.9 Å². The molecule has 0 atom stereocenters. The number of aryl methyl sites for hydroxylation is 1. The van der Waals surface area contributed by atoms with Gasteiger partial charge in [0.15, 0.2) is 0 Å². The number of methoxy groups -OCH3 is 1. The second kappa shape index (κ2) is 7.96. The highest BCUT2D eigenvalue weighted by atomic mass is 19.4. The summed E-state index contributed by atoms with van der Waals surface area (Å²) in [5, 5.41) is 6.07. The van der Waals surface area contributed by atoms with Gasteiger partial charge in [0.2, 0.25) is 5.95 Å². The summed E-state index contributed by atoms with van der Waals surface area (Å²) in [5.74, 6) is 0.969. The van der Waals surface area contributed by atoms with Gasteiger partial charge in [0.1, 0.15) is 5.82 Å². The molecule has 2 rings (SSSR count). The summed E-state index contributed by atoms with van der Waals surface area (Å²) < 4.78 is 42.7. The lowest BCUT2D eigenvalue weighted by atomic mass is 10.2. The molecule has 0 aliphatic heterocycles. The summed E-state index contributed by atoms with van der Waals surface area (Å²) in [7, 11) is 1.63. The molecule has 1 aromatic carbocycles. The number of nitrogens with zero attached hydrogens (tertiary/aromatic N) is 2. The fourth-order valence-electron chi connectivity index (χ4n) is 2.02. The smallest absolute Gasteiger partial charge is 0.385 e. The molecule has 0 fully saturated rings. The first-order valence-corrected chi connectivity index (χ1v) is 7.41. The van der Waals surface area contributed by atoms with Crippen molar-refractivity contribution in [3.05, 3.63) is 41.6 Å². The lowest BCUT2D eigenvalue weighted by Crippen LogP contribution is -2.09. The van der Waals surface area contributed by atoms with Gasteiger partial charge in [0.25, 0.3) is 0 Å². The van der Waals surface area contributed by atoms with Gasteiger partial charge >= 0.3 is 6.18 Å². The number of nitrogens with one attached hydrogen (secondary N) is 2. The van der Waals surface area contributed by atoms with Crippen LogP contribution in [0.2, 0.25) is 0 Å². The Kier molecular flexibility index (Phi) is 5.97. The molecule has 0 saturated carbocycles. The average molecular weight is 340 g/mol. The quantitative estimate of drug-likeness (QED) is 0.746. The second-order valence-electron chi connectivity index (χ2n) is 5.19. The van der Waals surface area contributed by atoms with E-state index in [4.69, 9.17) is 4.74 Å². The van der Waals surface area contributed by atoms with Gasteiger partial charge in [-0.25, -0.2) is 4.98 Å².